The van der Waals surface area contributed by atoms with Gasteiger partial charge in [-0.1, -0.05) is 31.2 Å². The van der Waals surface area contributed by atoms with Crippen LogP contribution < -0.4 is 5.32 Å². The molecule has 1 heterocycles. The van der Waals surface area contributed by atoms with E-state index in [1.165, 1.54) is 12.1 Å². The lowest BCUT2D eigenvalue weighted by Gasteiger charge is -2.25. The molecule has 1 aliphatic heterocycles. The molecule has 0 aromatic heterocycles. The topological polar surface area (TPSA) is 101 Å². The lowest BCUT2D eigenvalue weighted by atomic mass is 10.1. The van der Waals surface area contributed by atoms with Crippen molar-refractivity contribution in [2.75, 3.05) is 17.3 Å². The molecule has 2 aromatic carbocycles. The zero-order valence-electron chi connectivity index (χ0n) is 16.2. The van der Waals surface area contributed by atoms with Crippen LogP contribution in [0.25, 0.3) is 0 Å². The molecular formula is C21H22N2O5S. The van der Waals surface area contributed by atoms with Crippen LogP contribution in [0.1, 0.15) is 39.6 Å². The second kappa shape index (κ2) is 8.16. The Kier molecular flexibility index (Phi) is 5.83. The van der Waals surface area contributed by atoms with Gasteiger partial charge in [-0.25, -0.2) is 8.42 Å². The molecule has 29 heavy (non-hydrogen) atoms. The highest BCUT2D eigenvalue weighted by molar-refractivity contribution is 7.90. The van der Waals surface area contributed by atoms with Crippen molar-refractivity contribution in [2.45, 2.75) is 25.8 Å². The molecule has 0 bridgehead atoms. The van der Waals surface area contributed by atoms with Crippen molar-refractivity contribution < 1.29 is 22.8 Å². The first kappa shape index (κ1) is 20.7. The van der Waals surface area contributed by atoms with E-state index in [0.29, 0.717) is 5.69 Å². The van der Waals surface area contributed by atoms with Gasteiger partial charge in [-0.15, -0.1) is 0 Å². The zero-order chi connectivity index (χ0) is 21.2. The van der Waals surface area contributed by atoms with Gasteiger partial charge in [-0.05, 0) is 42.7 Å². The van der Waals surface area contributed by atoms with E-state index in [9.17, 15) is 22.8 Å². The number of amides is 3. The molecule has 0 aliphatic carbocycles. The summed E-state index contributed by atoms with van der Waals surface area (Å²) in [7, 11) is -3.40. The Morgan fingerprint density at radius 2 is 1.55 bits per heavy atom. The Morgan fingerprint density at radius 1 is 1.00 bits per heavy atom. The van der Waals surface area contributed by atoms with E-state index >= 15 is 0 Å². The normalized spacial score (nSPS) is 14.6. The quantitative estimate of drug-likeness (QED) is 0.701. The monoisotopic (exact) mass is 414 g/mol. The van der Waals surface area contributed by atoms with Crippen molar-refractivity contribution in [1.29, 1.82) is 0 Å². The summed E-state index contributed by atoms with van der Waals surface area (Å²) in [6.45, 7) is 2.01. The van der Waals surface area contributed by atoms with E-state index in [4.69, 9.17) is 0 Å². The predicted molar refractivity (Wildman–Crippen MR) is 110 cm³/mol. The second-order valence-corrected chi connectivity index (χ2v) is 9.26. The molecule has 3 amide bonds. The molecule has 0 saturated heterocycles. The van der Waals surface area contributed by atoms with Crippen LogP contribution >= 0.6 is 0 Å². The van der Waals surface area contributed by atoms with Crippen LogP contribution in [0.3, 0.4) is 0 Å². The fourth-order valence-electron chi connectivity index (χ4n) is 3.24. The molecule has 152 valence electrons. The molecule has 8 heteroatoms. The smallest absolute Gasteiger partial charge is 0.262 e. The second-order valence-electron chi connectivity index (χ2n) is 7.00. The van der Waals surface area contributed by atoms with Gasteiger partial charge >= 0.3 is 0 Å². The maximum absolute atomic E-state index is 13.0. The first-order valence-corrected chi connectivity index (χ1v) is 11.3. The maximum atomic E-state index is 13.0. The average Bonchev–Trinajstić information content (AvgIpc) is 2.93. The lowest BCUT2D eigenvalue weighted by Crippen LogP contribution is -2.48. The minimum Gasteiger partial charge on any atom is -0.324 e. The van der Waals surface area contributed by atoms with Crippen molar-refractivity contribution in [3.63, 3.8) is 0 Å². The number of nitrogens with zero attached hydrogens (tertiary/aromatic N) is 1. The van der Waals surface area contributed by atoms with Crippen molar-refractivity contribution in [3.05, 3.63) is 65.2 Å². The number of anilines is 1. The van der Waals surface area contributed by atoms with Gasteiger partial charge in [0.05, 0.1) is 16.9 Å². The number of nitrogens with one attached hydrogen (secondary N) is 1. The zero-order valence-corrected chi connectivity index (χ0v) is 17.0. The van der Waals surface area contributed by atoms with Gasteiger partial charge in [0.25, 0.3) is 11.8 Å². The summed E-state index contributed by atoms with van der Waals surface area (Å²) in [4.78, 5) is 39.4. The molecular weight excluding hydrogens is 392 g/mol. The standard InChI is InChI=1S/C21H22N2O5S/c1-3-14-8-10-15(11-9-14)22-19(24)18(12-13-29(2,27)28)23-20(25)16-6-4-5-7-17(16)21(23)26/h4-11,18H,3,12-13H2,1-2H3,(H,22,24)/t18-/m0/s1. The summed E-state index contributed by atoms with van der Waals surface area (Å²) in [5, 5.41) is 2.69. The third-order valence-electron chi connectivity index (χ3n) is 4.83. The number of rotatable bonds is 7. The summed E-state index contributed by atoms with van der Waals surface area (Å²) in [5.41, 5.74) is 2.02. The van der Waals surface area contributed by atoms with Gasteiger partial charge < -0.3 is 5.32 Å². The number of hydrogen-bond donors (Lipinski definition) is 1. The number of sulfone groups is 1. The molecule has 0 saturated carbocycles. The van der Waals surface area contributed by atoms with Crippen LogP contribution in [-0.4, -0.2) is 49.1 Å². The summed E-state index contributed by atoms with van der Waals surface area (Å²) < 4.78 is 23.3. The van der Waals surface area contributed by atoms with Gasteiger partial charge in [0.2, 0.25) is 5.91 Å². The van der Waals surface area contributed by atoms with Crippen LogP contribution in [0.4, 0.5) is 5.69 Å². The third kappa shape index (κ3) is 4.54. The summed E-state index contributed by atoms with van der Waals surface area (Å²) in [6.07, 6.45) is 1.72. The molecule has 0 unspecified atom stereocenters. The van der Waals surface area contributed by atoms with E-state index in [1.54, 1.807) is 24.3 Å². The highest BCUT2D eigenvalue weighted by Gasteiger charge is 2.42. The Labute approximate surface area is 169 Å². The van der Waals surface area contributed by atoms with Gasteiger partial charge in [-0.3, -0.25) is 19.3 Å². The first-order chi connectivity index (χ1) is 13.7. The number of imide groups is 1. The van der Waals surface area contributed by atoms with Gasteiger partial charge in [-0.2, -0.15) is 0 Å². The van der Waals surface area contributed by atoms with Crippen LogP contribution in [0.15, 0.2) is 48.5 Å². The average molecular weight is 414 g/mol. The highest BCUT2D eigenvalue weighted by atomic mass is 32.2. The first-order valence-electron chi connectivity index (χ1n) is 9.25. The SMILES string of the molecule is CCc1ccc(NC(=O)[C@H](CCS(C)(=O)=O)N2C(=O)c3ccccc3C2=O)cc1. The number of carbonyl (C=O) groups excluding carboxylic acids is 3. The minimum absolute atomic E-state index is 0.177. The molecule has 0 spiro atoms. The molecule has 2 aromatic rings. The van der Waals surface area contributed by atoms with E-state index < -0.39 is 33.6 Å². The third-order valence-corrected chi connectivity index (χ3v) is 5.81. The molecule has 1 atom stereocenters. The fourth-order valence-corrected chi connectivity index (χ4v) is 3.89. The van der Waals surface area contributed by atoms with E-state index in [1.807, 2.05) is 19.1 Å². The van der Waals surface area contributed by atoms with E-state index in [2.05, 4.69) is 5.32 Å². The number of aryl methyl sites for hydroxylation is 1. The predicted octanol–water partition coefficient (Wildman–Crippen LogP) is 2.29. The van der Waals surface area contributed by atoms with Gasteiger partial charge in [0.1, 0.15) is 15.9 Å². The molecule has 0 radical (unpaired) electrons. The minimum atomic E-state index is -3.40. The molecule has 0 fully saturated rings. The Hall–Kier alpha value is -3.00. The Morgan fingerprint density at radius 3 is 2.03 bits per heavy atom. The largest absolute Gasteiger partial charge is 0.324 e. The molecule has 3 rings (SSSR count). The number of benzene rings is 2. The number of hydrogen-bond acceptors (Lipinski definition) is 5. The van der Waals surface area contributed by atoms with Crippen LogP contribution in [0.2, 0.25) is 0 Å². The van der Waals surface area contributed by atoms with Gasteiger partial charge in [0, 0.05) is 11.9 Å². The van der Waals surface area contributed by atoms with Crippen LogP contribution in [0.5, 0.6) is 0 Å². The summed E-state index contributed by atoms with van der Waals surface area (Å²) in [5.74, 6) is -2.12. The molecule has 1 N–H and O–H groups in total. The highest BCUT2D eigenvalue weighted by Crippen LogP contribution is 2.26. The fraction of sp³-hybridized carbons (Fsp3) is 0.286. The van der Waals surface area contributed by atoms with Crippen LogP contribution in [-0.2, 0) is 21.1 Å². The summed E-state index contributed by atoms with van der Waals surface area (Å²) in [6, 6.07) is 12.3. The Bertz CT molecular complexity index is 1030. The number of carbonyl (C=O) groups is 3. The van der Waals surface area contributed by atoms with Gasteiger partial charge in [0.15, 0.2) is 0 Å². The number of fused-ring (bicyclic) bond motifs is 1. The van der Waals surface area contributed by atoms with E-state index in [0.717, 1.165) is 23.1 Å². The maximum Gasteiger partial charge on any atom is 0.262 e. The lowest BCUT2D eigenvalue weighted by molar-refractivity contribution is -0.120. The molecule has 7 nitrogen and oxygen atoms in total. The van der Waals surface area contributed by atoms with E-state index in [-0.39, 0.29) is 23.3 Å². The van der Waals surface area contributed by atoms with Crippen molar-refractivity contribution >= 4 is 33.2 Å². The van der Waals surface area contributed by atoms with Crippen LogP contribution in [0, 0.1) is 0 Å². The van der Waals surface area contributed by atoms with Crippen molar-refractivity contribution in [2.24, 2.45) is 0 Å². The van der Waals surface area contributed by atoms with Crippen molar-refractivity contribution in [3.8, 4) is 0 Å². The summed E-state index contributed by atoms with van der Waals surface area (Å²) >= 11 is 0. The van der Waals surface area contributed by atoms with Crippen molar-refractivity contribution in [1.82, 2.24) is 4.90 Å². The Balaban J connectivity index is 1.89. The molecule has 1 aliphatic rings.